The molecule has 4 nitrogen and oxygen atoms in total. The second-order valence-electron chi connectivity index (χ2n) is 7.96. The Hall–Kier alpha value is -2.03. The van der Waals surface area contributed by atoms with Gasteiger partial charge in [-0.05, 0) is 36.8 Å². The molecule has 0 bridgehead atoms. The van der Waals surface area contributed by atoms with Gasteiger partial charge in [0.15, 0.2) is 0 Å². The van der Waals surface area contributed by atoms with Gasteiger partial charge in [-0.1, -0.05) is 46.4 Å². The molecule has 1 saturated heterocycles. The first-order valence-corrected chi connectivity index (χ1v) is 12.1. The van der Waals surface area contributed by atoms with Crippen molar-refractivity contribution in [2.45, 2.75) is 31.2 Å². The standard InChI is InChI=1S/C22H19Cl2F3N2O2S/c1-12-5-14(8-15(23)6-12)21(22(25,26)27)9-19(29-31-21)13-3-4-17(18(24)7-13)20(30)28-16-10-32(2)11-16/h3-8,16H,2,9-11H2,1H3,(H,28,30). The molecular formula is C22H19Cl2F3N2O2S. The van der Waals surface area contributed by atoms with E-state index < -0.39 is 18.2 Å². The number of hydrogen-bond acceptors (Lipinski definition) is 3. The van der Waals surface area contributed by atoms with Gasteiger partial charge in [0.2, 0.25) is 0 Å². The van der Waals surface area contributed by atoms with E-state index in [1.54, 1.807) is 13.0 Å². The molecule has 0 saturated carbocycles. The lowest BCUT2D eigenvalue weighted by Gasteiger charge is -2.30. The fourth-order valence-corrected chi connectivity index (χ4v) is 5.54. The van der Waals surface area contributed by atoms with Gasteiger partial charge in [-0.25, -0.2) is 0 Å². The molecule has 1 fully saturated rings. The van der Waals surface area contributed by atoms with Gasteiger partial charge in [0.05, 0.1) is 16.3 Å². The largest absolute Gasteiger partial charge is 0.435 e. The van der Waals surface area contributed by atoms with Crippen LogP contribution in [0.25, 0.3) is 0 Å². The summed E-state index contributed by atoms with van der Waals surface area (Å²) in [5.74, 6) is 5.28. The number of aryl methyl sites for hydroxylation is 1. The van der Waals surface area contributed by atoms with Crippen LogP contribution in [-0.2, 0) is 10.4 Å². The second-order valence-corrected chi connectivity index (χ2v) is 10.7. The van der Waals surface area contributed by atoms with Crippen LogP contribution in [0.4, 0.5) is 13.2 Å². The molecule has 0 aromatic heterocycles. The second kappa shape index (κ2) is 8.39. The van der Waals surface area contributed by atoms with Gasteiger partial charge < -0.3 is 10.2 Å². The third-order valence-electron chi connectivity index (χ3n) is 5.45. The van der Waals surface area contributed by atoms with E-state index in [0.717, 1.165) is 11.5 Å². The van der Waals surface area contributed by atoms with Crippen molar-refractivity contribution in [1.29, 1.82) is 0 Å². The minimum absolute atomic E-state index is 0.0697. The maximum atomic E-state index is 14.2. The summed E-state index contributed by atoms with van der Waals surface area (Å²) in [6.45, 7) is 1.65. The Morgan fingerprint density at radius 2 is 1.97 bits per heavy atom. The molecule has 1 unspecified atom stereocenters. The van der Waals surface area contributed by atoms with Gasteiger partial charge in [0.1, 0.15) is 0 Å². The Morgan fingerprint density at radius 1 is 1.25 bits per heavy atom. The molecule has 2 heterocycles. The Morgan fingerprint density at radius 3 is 2.56 bits per heavy atom. The van der Waals surface area contributed by atoms with E-state index in [1.807, 2.05) is 0 Å². The molecule has 2 aliphatic heterocycles. The number of hydrogen-bond donors (Lipinski definition) is 1. The van der Waals surface area contributed by atoms with E-state index in [4.69, 9.17) is 28.0 Å². The highest BCUT2D eigenvalue weighted by Gasteiger charge is 2.62. The zero-order chi connectivity index (χ0) is 23.3. The molecule has 0 aliphatic carbocycles. The van der Waals surface area contributed by atoms with E-state index in [1.165, 1.54) is 30.3 Å². The first kappa shape index (κ1) is 23.1. The molecule has 2 aromatic carbocycles. The van der Waals surface area contributed by atoms with Crippen molar-refractivity contribution in [3.05, 3.63) is 68.7 Å². The van der Waals surface area contributed by atoms with E-state index >= 15 is 0 Å². The number of alkyl halides is 3. The van der Waals surface area contributed by atoms with Crippen molar-refractivity contribution in [2.24, 2.45) is 5.16 Å². The predicted molar refractivity (Wildman–Crippen MR) is 123 cm³/mol. The quantitative estimate of drug-likeness (QED) is 0.545. The Labute approximate surface area is 195 Å². The van der Waals surface area contributed by atoms with Crippen LogP contribution in [0.5, 0.6) is 0 Å². The number of amides is 1. The molecule has 2 aromatic rings. The number of nitrogens with zero attached hydrogens (tertiary/aromatic N) is 1. The fourth-order valence-electron chi connectivity index (χ4n) is 3.77. The van der Waals surface area contributed by atoms with Gasteiger partial charge in [-0.3, -0.25) is 4.79 Å². The smallest absolute Gasteiger partial charge is 0.374 e. The zero-order valence-corrected chi connectivity index (χ0v) is 19.3. The fraction of sp³-hybridized carbons (Fsp3) is 0.318. The summed E-state index contributed by atoms with van der Waals surface area (Å²) < 4.78 is 42.5. The van der Waals surface area contributed by atoms with Crippen LogP contribution in [0.2, 0.25) is 10.0 Å². The lowest BCUT2D eigenvalue weighted by molar-refractivity contribution is -0.275. The van der Waals surface area contributed by atoms with Crippen molar-refractivity contribution >= 4 is 51.2 Å². The summed E-state index contributed by atoms with van der Waals surface area (Å²) in [4.78, 5) is 17.5. The van der Waals surface area contributed by atoms with Gasteiger partial charge in [-0.2, -0.15) is 23.7 Å². The minimum Gasteiger partial charge on any atom is -0.374 e. The number of carbonyl (C=O) groups is 1. The molecule has 170 valence electrons. The topological polar surface area (TPSA) is 50.7 Å². The summed E-state index contributed by atoms with van der Waals surface area (Å²) in [5.41, 5.74) is -1.54. The number of benzene rings is 2. The lowest BCUT2D eigenvalue weighted by Crippen LogP contribution is -2.45. The SMILES string of the molecule is C=S1CC(NC(=O)c2ccc(C3=NOC(c4cc(C)cc(Cl)c4)(C(F)(F)F)C3)cc2Cl)C1. The molecule has 1 N–H and O–H groups in total. The number of oxime groups is 1. The molecule has 0 radical (unpaired) electrons. The zero-order valence-electron chi connectivity index (χ0n) is 16.9. The first-order chi connectivity index (χ1) is 15.0. The van der Waals surface area contributed by atoms with Crippen LogP contribution in [0.3, 0.4) is 0 Å². The number of rotatable bonds is 4. The average Bonchev–Trinajstić information content (AvgIpc) is 3.12. The molecule has 0 spiro atoms. The van der Waals surface area contributed by atoms with E-state index in [0.29, 0.717) is 11.1 Å². The predicted octanol–water partition coefficient (Wildman–Crippen LogP) is 5.70. The monoisotopic (exact) mass is 502 g/mol. The Balaban J connectivity index is 1.59. The summed E-state index contributed by atoms with van der Waals surface area (Å²) in [6.07, 6.45) is -5.29. The normalized spacial score (nSPS) is 25.0. The highest BCUT2D eigenvalue weighted by atomic mass is 35.5. The molecular weight excluding hydrogens is 484 g/mol. The van der Waals surface area contributed by atoms with Crippen molar-refractivity contribution in [2.75, 3.05) is 11.5 Å². The van der Waals surface area contributed by atoms with Crippen LogP contribution in [0.1, 0.15) is 33.5 Å². The van der Waals surface area contributed by atoms with Crippen LogP contribution in [0, 0.1) is 6.92 Å². The van der Waals surface area contributed by atoms with Crippen LogP contribution < -0.4 is 5.32 Å². The lowest BCUT2D eigenvalue weighted by atomic mass is 9.86. The number of halogens is 5. The summed E-state index contributed by atoms with van der Waals surface area (Å²) in [6, 6.07) is 8.69. The van der Waals surface area contributed by atoms with Crippen LogP contribution in [0.15, 0.2) is 41.6 Å². The molecule has 2 aliphatic rings. The van der Waals surface area contributed by atoms with Gasteiger partial charge in [-0.15, -0.1) is 0 Å². The Bertz CT molecular complexity index is 1120. The van der Waals surface area contributed by atoms with E-state index in [2.05, 4.69) is 16.3 Å². The summed E-state index contributed by atoms with van der Waals surface area (Å²) in [7, 11) is 0.0830. The van der Waals surface area contributed by atoms with Crippen molar-refractivity contribution in [3.8, 4) is 0 Å². The third kappa shape index (κ3) is 4.28. The summed E-state index contributed by atoms with van der Waals surface area (Å²) in [5, 5.41) is 6.93. The van der Waals surface area contributed by atoms with Crippen molar-refractivity contribution in [3.63, 3.8) is 0 Å². The van der Waals surface area contributed by atoms with E-state index in [-0.39, 0.29) is 49.3 Å². The summed E-state index contributed by atoms with van der Waals surface area (Å²) >= 11 is 12.3. The maximum Gasteiger partial charge on any atom is 0.435 e. The maximum absolute atomic E-state index is 14.2. The molecule has 4 rings (SSSR count). The van der Waals surface area contributed by atoms with Gasteiger partial charge >= 0.3 is 6.18 Å². The first-order valence-electron chi connectivity index (χ1n) is 9.66. The average molecular weight is 503 g/mol. The number of carbonyl (C=O) groups excluding carboxylic acids is 1. The van der Waals surface area contributed by atoms with Gasteiger partial charge in [0.25, 0.3) is 11.5 Å². The Kier molecular flexibility index (Phi) is 6.07. The molecule has 1 amide bonds. The van der Waals surface area contributed by atoms with Crippen molar-refractivity contribution < 1.29 is 22.8 Å². The van der Waals surface area contributed by atoms with Crippen LogP contribution >= 0.6 is 33.7 Å². The van der Waals surface area contributed by atoms with E-state index in [9.17, 15) is 18.0 Å². The molecule has 32 heavy (non-hydrogen) atoms. The highest BCUT2D eigenvalue weighted by Crippen LogP contribution is 2.49. The highest BCUT2D eigenvalue weighted by molar-refractivity contribution is 8.15. The van der Waals surface area contributed by atoms with Gasteiger partial charge in [0, 0.05) is 40.1 Å². The molecule has 10 heteroatoms. The number of nitrogens with one attached hydrogen (secondary N) is 1. The third-order valence-corrected chi connectivity index (χ3v) is 7.73. The van der Waals surface area contributed by atoms with Crippen LogP contribution in [-0.4, -0.2) is 41.2 Å². The minimum atomic E-state index is -4.74. The molecule has 1 atom stereocenters. The van der Waals surface area contributed by atoms with Crippen molar-refractivity contribution in [1.82, 2.24) is 5.32 Å².